The number of aryl methyl sites for hydroxylation is 2. The zero-order valence-electron chi connectivity index (χ0n) is 25.2. The van der Waals surface area contributed by atoms with Crippen LogP contribution in [-0.2, 0) is 19.2 Å². The topological polar surface area (TPSA) is 105 Å². The summed E-state index contributed by atoms with van der Waals surface area (Å²) in [5.41, 5.74) is 6.31. The van der Waals surface area contributed by atoms with Gasteiger partial charge in [0.1, 0.15) is 12.1 Å². The van der Waals surface area contributed by atoms with Crippen LogP contribution in [0.2, 0.25) is 0 Å². The third kappa shape index (κ3) is 4.72. The van der Waals surface area contributed by atoms with Crippen LogP contribution in [0.3, 0.4) is 0 Å². The standard InChI is InChI=1S/C36H31N7O2/c1-24-5-4-6-27(17-24)34-31-18-29(36(44,33-20-38-22-41(33)2)28-11-14-30(45-3)15-12-28)13-16-32(31)42(35-40-39-23-43(34)35)21-26-9-7-25(19-37)8-10-26/h4-18,20,22-23,34,44H,21H2,1-3H3. The lowest BCUT2D eigenvalue weighted by molar-refractivity contribution is 0.117. The Labute approximate surface area is 261 Å². The predicted molar refractivity (Wildman–Crippen MR) is 170 cm³/mol. The number of rotatable bonds is 7. The molecule has 0 spiro atoms. The molecule has 1 N–H and O–H groups in total. The molecule has 2 aromatic heterocycles. The first kappa shape index (κ1) is 28.1. The zero-order valence-corrected chi connectivity index (χ0v) is 25.2. The average Bonchev–Trinajstić information content (AvgIpc) is 3.74. The van der Waals surface area contributed by atoms with Crippen LogP contribution in [0.4, 0.5) is 11.6 Å². The van der Waals surface area contributed by atoms with E-state index in [1.165, 1.54) is 0 Å². The molecule has 222 valence electrons. The lowest BCUT2D eigenvalue weighted by atomic mass is 9.81. The van der Waals surface area contributed by atoms with Crippen LogP contribution >= 0.6 is 0 Å². The first-order valence-electron chi connectivity index (χ1n) is 14.6. The summed E-state index contributed by atoms with van der Waals surface area (Å²) in [6.45, 7) is 2.60. The zero-order chi connectivity index (χ0) is 31.1. The first-order valence-corrected chi connectivity index (χ1v) is 14.6. The Balaban J connectivity index is 1.44. The molecule has 0 saturated carbocycles. The Hall–Kier alpha value is -5.72. The van der Waals surface area contributed by atoms with Crippen molar-refractivity contribution in [2.24, 2.45) is 7.05 Å². The van der Waals surface area contributed by atoms with Gasteiger partial charge in [-0.2, -0.15) is 5.26 Å². The number of aromatic nitrogens is 5. The Kier molecular flexibility index (Phi) is 6.92. The lowest BCUT2D eigenvalue weighted by Crippen LogP contribution is -2.33. The summed E-state index contributed by atoms with van der Waals surface area (Å²) in [4.78, 5) is 6.49. The number of ether oxygens (including phenoxy) is 1. The molecular formula is C36H31N7O2. The van der Waals surface area contributed by atoms with Crippen LogP contribution in [0.5, 0.6) is 5.75 Å². The van der Waals surface area contributed by atoms with Crippen LogP contribution in [0.1, 0.15) is 50.7 Å². The van der Waals surface area contributed by atoms with E-state index >= 15 is 0 Å². The predicted octanol–water partition coefficient (Wildman–Crippen LogP) is 5.77. The Bertz CT molecular complexity index is 2040. The molecule has 0 bridgehead atoms. The van der Waals surface area contributed by atoms with E-state index in [0.29, 0.717) is 40.6 Å². The molecule has 9 heteroatoms. The van der Waals surface area contributed by atoms with Crippen LogP contribution < -0.4 is 9.64 Å². The number of nitrogens with zero attached hydrogens (tertiary/aromatic N) is 7. The maximum absolute atomic E-state index is 12.8. The van der Waals surface area contributed by atoms with Gasteiger partial charge in [0.25, 0.3) is 0 Å². The minimum absolute atomic E-state index is 0.242. The van der Waals surface area contributed by atoms with Gasteiger partial charge in [0.05, 0.1) is 49.5 Å². The molecule has 0 saturated heterocycles. The van der Waals surface area contributed by atoms with Gasteiger partial charge in [-0.25, -0.2) is 4.98 Å². The average molecular weight is 594 g/mol. The molecule has 0 fully saturated rings. The number of fused-ring (bicyclic) bond motifs is 2. The van der Waals surface area contributed by atoms with Crippen molar-refractivity contribution in [3.63, 3.8) is 0 Å². The number of methoxy groups -OCH3 is 1. The van der Waals surface area contributed by atoms with E-state index in [4.69, 9.17) is 4.74 Å². The minimum Gasteiger partial charge on any atom is -0.497 e. The molecule has 6 aromatic rings. The van der Waals surface area contributed by atoms with Gasteiger partial charge in [-0.3, -0.25) is 4.57 Å². The molecule has 9 nitrogen and oxygen atoms in total. The van der Waals surface area contributed by atoms with Crippen LogP contribution in [0.25, 0.3) is 0 Å². The third-order valence-electron chi connectivity index (χ3n) is 8.58. The Morgan fingerprint density at radius 3 is 2.42 bits per heavy atom. The third-order valence-corrected chi connectivity index (χ3v) is 8.58. The van der Waals surface area contributed by atoms with Gasteiger partial charge in [-0.15, -0.1) is 10.2 Å². The van der Waals surface area contributed by atoms with E-state index in [2.05, 4.69) is 74.0 Å². The van der Waals surface area contributed by atoms with E-state index in [9.17, 15) is 10.4 Å². The number of nitriles is 1. The van der Waals surface area contributed by atoms with E-state index in [1.807, 2.05) is 66.2 Å². The van der Waals surface area contributed by atoms with E-state index in [1.54, 1.807) is 26.0 Å². The van der Waals surface area contributed by atoms with Crippen LogP contribution in [0, 0.1) is 18.3 Å². The summed E-state index contributed by atoms with van der Waals surface area (Å²) in [6, 6.07) is 31.6. The molecule has 2 atom stereocenters. The number of hydrogen-bond acceptors (Lipinski definition) is 7. The molecule has 7 rings (SSSR count). The van der Waals surface area contributed by atoms with Gasteiger partial charge >= 0.3 is 0 Å². The quantitative estimate of drug-likeness (QED) is 0.250. The van der Waals surface area contributed by atoms with Gasteiger partial charge in [-0.1, -0.05) is 60.2 Å². The normalized spacial score (nSPS) is 15.1. The maximum Gasteiger partial charge on any atom is 0.232 e. The number of hydrogen-bond donors (Lipinski definition) is 1. The fourth-order valence-electron chi connectivity index (χ4n) is 6.32. The largest absolute Gasteiger partial charge is 0.497 e. The molecule has 0 amide bonds. The van der Waals surface area contributed by atoms with Crippen LogP contribution in [0.15, 0.2) is 110 Å². The highest BCUT2D eigenvalue weighted by Gasteiger charge is 2.40. The summed E-state index contributed by atoms with van der Waals surface area (Å²) < 4.78 is 9.34. The fraction of sp³-hybridized carbons (Fsp3) is 0.167. The van der Waals surface area contributed by atoms with E-state index in [-0.39, 0.29) is 6.04 Å². The fourth-order valence-corrected chi connectivity index (χ4v) is 6.32. The molecule has 3 heterocycles. The van der Waals surface area contributed by atoms with Crippen molar-refractivity contribution in [2.45, 2.75) is 25.1 Å². The molecule has 1 aliphatic heterocycles. The van der Waals surface area contributed by atoms with Crippen molar-refractivity contribution in [1.82, 2.24) is 24.3 Å². The monoisotopic (exact) mass is 593 g/mol. The highest BCUT2D eigenvalue weighted by molar-refractivity contribution is 5.70. The second-order valence-corrected chi connectivity index (χ2v) is 11.4. The van der Waals surface area contributed by atoms with Gasteiger partial charge in [-0.05, 0) is 65.6 Å². The van der Waals surface area contributed by atoms with Gasteiger partial charge < -0.3 is 19.3 Å². The summed E-state index contributed by atoms with van der Waals surface area (Å²) in [7, 11) is 3.51. The minimum atomic E-state index is -1.52. The highest BCUT2D eigenvalue weighted by Crippen LogP contribution is 2.47. The molecule has 0 radical (unpaired) electrons. The molecule has 45 heavy (non-hydrogen) atoms. The van der Waals surface area contributed by atoms with E-state index < -0.39 is 5.60 Å². The van der Waals surface area contributed by atoms with E-state index in [0.717, 1.165) is 27.9 Å². The summed E-state index contributed by atoms with van der Waals surface area (Å²) in [6.07, 6.45) is 5.16. The summed E-state index contributed by atoms with van der Waals surface area (Å²) in [5.74, 6) is 1.41. The maximum atomic E-state index is 12.8. The molecule has 4 aromatic carbocycles. The van der Waals surface area contributed by atoms with Crippen molar-refractivity contribution >= 4 is 11.6 Å². The second kappa shape index (κ2) is 11.1. The Morgan fingerprint density at radius 2 is 1.73 bits per heavy atom. The number of anilines is 2. The summed E-state index contributed by atoms with van der Waals surface area (Å²) in [5, 5.41) is 31.0. The first-order chi connectivity index (χ1) is 21.9. The number of aliphatic hydroxyl groups is 1. The lowest BCUT2D eigenvalue weighted by Gasteiger charge is -2.38. The smallest absolute Gasteiger partial charge is 0.232 e. The van der Waals surface area contributed by atoms with Crippen molar-refractivity contribution in [3.8, 4) is 11.8 Å². The summed E-state index contributed by atoms with van der Waals surface area (Å²) >= 11 is 0. The van der Waals surface area contributed by atoms with Crippen LogP contribution in [-0.4, -0.2) is 36.5 Å². The number of imidazole rings is 1. The van der Waals surface area contributed by atoms with Gasteiger partial charge in [0.2, 0.25) is 5.95 Å². The highest BCUT2D eigenvalue weighted by atomic mass is 16.5. The number of benzene rings is 4. The molecule has 2 unspecified atom stereocenters. The second-order valence-electron chi connectivity index (χ2n) is 11.4. The Morgan fingerprint density at radius 1 is 0.956 bits per heavy atom. The van der Waals surface area contributed by atoms with Gasteiger partial charge in [0.15, 0.2) is 5.60 Å². The molecular weight excluding hydrogens is 562 g/mol. The van der Waals surface area contributed by atoms with Crippen molar-refractivity contribution in [3.05, 3.63) is 154 Å². The van der Waals surface area contributed by atoms with Crippen molar-refractivity contribution in [1.29, 1.82) is 5.26 Å². The molecule has 1 aliphatic rings. The van der Waals surface area contributed by atoms with Crippen molar-refractivity contribution < 1.29 is 9.84 Å². The molecule has 0 aliphatic carbocycles. The van der Waals surface area contributed by atoms with Gasteiger partial charge in [0, 0.05) is 18.3 Å². The SMILES string of the molecule is COc1ccc(C(O)(c2ccc3c(c2)C(c2cccc(C)c2)n2cnnc2N3Cc2ccc(C#N)cc2)c2cncn2C)cc1. The van der Waals surface area contributed by atoms with Crippen molar-refractivity contribution in [2.75, 3.05) is 12.0 Å².